The third kappa shape index (κ3) is 5.21. The number of hydrogen-bond donors (Lipinski definition) is 2. The molecule has 1 fully saturated rings. The number of likely N-dealkylation sites (tertiary alicyclic amines) is 1. The Kier molecular flexibility index (Phi) is 6.55. The first-order valence-electron chi connectivity index (χ1n) is 9.21. The first-order chi connectivity index (χ1) is 12.5. The van der Waals surface area contributed by atoms with Gasteiger partial charge in [-0.25, -0.2) is 13.1 Å². The van der Waals surface area contributed by atoms with E-state index in [2.05, 4.69) is 11.6 Å². The van der Waals surface area contributed by atoms with Gasteiger partial charge in [-0.2, -0.15) is 0 Å². The lowest BCUT2D eigenvalue weighted by Gasteiger charge is -2.38. The number of benzene rings is 1. The standard InChI is InChI=1S/C19H31N3O4S/c1-13-8-9-22(15(10-13)12-20)18(23)14-6-7-16(26-5)17(11-14)27(24,25)21-19(2,3)4/h6-7,11,13,15,21H,8-10,12,20H2,1-5H3. The van der Waals surface area contributed by atoms with Gasteiger partial charge in [-0.05, 0) is 57.7 Å². The summed E-state index contributed by atoms with van der Waals surface area (Å²) in [5.74, 6) is 0.517. The number of methoxy groups -OCH3 is 1. The van der Waals surface area contributed by atoms with E-state index in [0.29, 0.717) is 24.6 Å². The minimum absolute atomic E-state index is 0.0314. The molecule has 1 amide bonds. The molecular formula is C19H31N3O4S. The molecule has 2 unspecified atom stereocenters. The van der Waals surface area contributed by atoms with Crippen molar-refractivity contribution in [3.05, 3.63) is 23.8 Å². The second-order valence-electron chi connectivity index (χ2n) is 8.24. The van der Waals surface area contributed by atoms with Crippen molar-refractivity contribution in [1.29, 1.82) is 0 Å². The molecule has 1 aliphatic rings. The van der Waals surface area contributed by atoms with Gasteiger partial charge >= 0.3 is 0 Å². The van der Waals surface area contributed by atoms with Crippen molar-refractivity contribution < 1.29 is 17.9 Å². The van der Waals surface area contributed by atoms with Crippen LogP contribution in [0.25, 0.3) is 0 Å². The molecular weight excluding hydrogens is 366 g/mol. The van der Waals surface area contributed by atoms with Gasteiger partial charge in [0.05, 0.1) is 7.11 Å². The smallest absolute Gasteiger partial charge is 0.254 e. The topological polar surface area (TPSA) is 102 Å². The lowest BCUT2D eigenvalue weighted by atomic mass is 9.92. The average Bonchev–Trinajstić information content (AvgIpc) is 2.58. The van der Waals surface area contributed by atoms with Gasteiger partial charge in [-0.15, -0.1) is 0 Å². The van der Waals surface area contributed by atoms with Crippen LogP contribution in [0.5, 0.6) is 5.75 Å². The summed E-state index contributed by atoms with van der Waals surface area (Å²) in [5.41, 5.74) is 5.53. The summed E-state index contributed by atoms with van der Waals surface area (Å²) in [6.45, 7) is 8.44. The third-order valence-corrected chi connectivity index (χ3v) is 6.43. The minimum Gasteiger partial charge on any atom is -0.495 e. The molecule has 0 bridgehead atoms. The first-order valence-corrected chi connectivity index (χ1v) is 10.7. The van der Waals surface area contributed by atoms with Gasteiger partial charge in [-0.3, -0.25) is 4.79 Å². The molecule has 1 heterocycles. The van der Waals surface area contributed by atoms with E-state index in [9.17, 15) is 13.2 Å². The van der Waals surface area contributed by atoms with E-state index in [1.165, 1.54) is 19.2 Å². The molecule has 8 heteroatoms. The van der Waals surface area contributed by atoms with Gasteiger partial charge in [0.1, 0.15) is 10.6 Å². The molecule has 0 aliphatic carbocycles. The van der Waals surface area contributed by atoms with Crippen LogP contribution in [0.1, 0.15) is 50.9 Å². The van der Waals surface area contributed by atoms with Crippen molar-refractivity contribution in [2.75, 3.05) is 20.2 Å². The van der Waals surface area contributed by atoms with Crippen molar-refractivity contribution in [2.24, 2.45) is 11.7 Å². The van der Waals surface area contributed by atoms with Crippen LogP contribution in [0.2, 0.25) is 0 Å². The molecule has 27 heavy (non-hydrogen) atoms. The van der Waals surface area contributed by atoms with Crippen molar-refractivity contribution in [1.82, 2.24) is 9.62 Å². The van der Waals surface area contributed by atoms with Crippen LogP contribution >= 0.6 is 0 Å². The van der Waals surface area contributed by atoms with E-state index in [0.717, 1.165) is 12.8 Å². The minimum atomic E-state index is -3.85. The van der Waals surface area contributed by atoms with Gasteiger partial charge in [0.2, 0.25) is 10.0 Å². The summed E-state index contributed by atoms with van der Waals surface area (Å²) >= 11 is 0. The zero-order valence-corrected chi connectivity index (χ0v) is 17.6. The number of piperidine rings is 1. The average molecular weight is 398 g/mol. The maximum Gasteiger partial charge on any atom is 0.254 e. The summed E-state index contributed by atoms with van der Waals surface area (Å²) in [5, 5.41) is 0. The van der Waals surface area contributed by atoms with Crippen molar-refractivity contribution in [3.8, 4) is 5.75 Å². The monoisotopic (exact) mass is 397 g/mol. The van der Waals surface area contributed by atoms with Crippen molar-refractivity contribution >= 4 is 15.9 Å². The fourth-order valence-corrected chi connectivity index (χ4v) is 5.00. The molecule has 7 nitrogen and oxygen atoms in total. The Labute approximate surface area is 162 Å². The van der Waals surface area contributed by atoms with E-state index in [1.807, 2.05) is 0 Å². The number of nitrogens with one attached hydrogen (secondary N) is 1. The van der Waals surface area contributed by atoms with Crippen molar-refractivity contribution in [3.63, 3.8) is 0 Å². The Hall–Kier alpha value is -1.64. The Morgan fingerprint density at radius 1 is 1.37 bits per heavy atom. The van der Waals surface area contributed by atoms with Crippen LogP contribution in [-0.4, -0.2) is 51.0 Å². The molecule has 1 aromatic rings. The number of nitrogens with two attached hydrogens (primary N) is 1. The lowest BCUT2D eigenvalue weighted by molar-refractivity contribution is 0.0573. The third-order valence-electron chi connectivity index (χ3n) is 4.65. The van der Waals surface area contributed by atoms with E-state index < -0.39 is 15.6 Å². The Bertz CT molecular complexity index is 787. The number of carbonyl (C=O) groups excluding carboxylic acids is 1. The Balaban J connectivity index is 2.40. The van der Waals surface area contributed by atoms with Crippen LogP contribution < -0.4 is 15.2 Å². The summed E-state index contributed by atoms with van der Waals surface area (Å²) in [6, 6.07) is 4.48. The molecule has 0 radical (unpaired) electrons. The van der Waals surface area contributed by atoms with Gasteiger partial charge in [0.15, 0.2) is 0 Å². The van der Waals surface area contributed by atoms with Crippen LogP contribution in [0.4, 0.5) is 0 Å². The van der Waals surface area contributed by atoms with Gasteiger partial charge in [-0.1, -0.05) is 6.92 Å². The number of ether oxygens (including phenoxy) is 1. The number of sulfonamides is 1. The SMILES string of the molecule is COc1ccc(C(=O)N2CCC(C)CC2CN)cc1S(=O)(=O)NC(C)(C)C. The first kappa shape index (κ1) is 21.7. The predicted octanol–water partition coefficient (Wildman–Crippen LogP) is 1.97. The largest absolute Gasteiger partial charge is 0.495 e. The van der Waals surface area contributed by atoms with Gasteiger partial charge in [0.25, 0.3) is 5.91 Å². The quantitative estimate of drug-likeness (QED) is 0.791. The normalized spacial score (nSPS) is 21.2. The fraction of sp³-hybridized carbons (Fsp3) is 0.632. The zero-order chi connectivity index (χ0) is 20.4. The predicted molar refractivity (Wildman–Crippen MR) is 105 cm³/mol. The van der Waals surface area contributed by atoms with Gasteiger partial charge in [0, 0.05) is 30.2 Å². The number of carbonyl (C=O) groups is 1. The highest BCUT2D eigenvalue weighted by molar-refractivity contribution is 7.89. The Morgan fingerprint density at radius 2 is 2.04 bits per heavy atom. The maximum absolute atomic E-state index is 13.1. The molecule has 1 aromatic carbocycles. The van der Waals surface area contributed by atoms with Crippen LogP contribution in [0.15, 0.2) is 23.1 Å². The molecule has 1 saturated heterocycles. The summed E-state index contributed by atoms with van der Waals surface area (Å²) in [4.78, 5) is 14.8. The number of nitrogens with zero attached hydrogens (tertiary/aromatic N) is 1. The lowest BCUT2D eigenvalue weighted by Crippen LogP contribution is -2.49. The summed E-state index contributed by atoms with van der Waals surface area (Å²) < 4.78 is 33.4. The van der Waals surface area contributed by atoms with Crippen LogP contribution in [0.3, 0.4) is 0 Å². The van der Waals surface area contributed by atoms with Crippen LogP contribution in [-0.2, 0) is 10.0 Å². The molecule has 1 aliphatic heterocycles. The molecule has 0 aromatic heterocycles. The number of amides is 1. The van der Waals surface area contributed by atoms with E-state index >= 15 is 0 Å². The molecule has 0 spiro atoms. The second kappa shape index (κ2) is 8.16. The zero-order valence-electron chi connectivity index (χ0n) is 16.8. The summed E-state index contributed by atoms with van der Waals surface area (Å²) in [6.07, 6.45) is 1.77. The van der Waals surface area contributed by atoms with E-state index in [-0.39, 0.29) is 22.6 Å². The molecule has 152 valence electrons. The highest BCUT2D eigenvalue weighted by atomic mass is 32.2. The summed E-state index contributed by atoms with van der Waals surface area (Å²) in [7, 11) is -2.44. The second-order valence-corrected chi connectivity index (χ2v) is 9.89. The van der Waals surface area contributed by atoms with Gasteiger partial charge < -0.3 is 15.4 Å². The maximum atomic E-state index is 13.1. The van der Waals surface area contributed by atoms with E-state index in [4.69, 9.17) is 10.5 Å². The number of rotatable bonds is 5. The number of hydrogen-bond acceptors (Lipinski definition) is 5. The molecule has 2 atom stereocenters. The van der Waals surface area contributed by atoms with Crippen LogP contribution in [0, 0.1) is 5.92 Å². The highest BCUT2D eigenvalue weighted by Gasteiger charge is 2.31. The molecule has 0 saturated carbocycles. The molecule has 2 rings (SSSR count). The Morgan fingerprint density at radius 3 is 2.59 bits per heavy atom. The van der Waals surface area contributed by atoms with Crippen molar-refractivity contribution in [2.45, 2.75) is 57.0 Å². The highest BCUT2D eigenvalue weighted by Crippen LogP contribution is 2.28. The fourth-order valence-electron chi connectivity index (χ4n) is 3.39. The van der Waals surface area contributed by atoms with E-state index in [1.54, 1.807) is 31.7 Å². The molecule has 3 N–H and O–H groups in total.